The molecule has 0 fully saturated rings. The standard InChI is InChI=1S/C15H21N5O/c1-12-10-14(19(2)17-12)11-20(9-8-15(16)18-21)13-6-4-3-5-7-13/h3-7,10,21H,8-9,11H2,1-2H3,(H2,16,18). The van der Waals surface area contributed by atoms with Gasteiger partial charge in [0.25, 0.3) is 0 Å². The predicted molar refractivity (Wildman–Crippen MR) is 83.5 cm³/mol. The van der Waals surface area contributed by atoms with E-state index in [2.05, 4.69) is 33.4 Å². The van der Waals surface area contributed by atoms with Crippen LogP contribution in [0.4, 0.5) is 5.69 Å². The predicted octanol–water partition coefficient (Wildman–Crippen LogP) is 1.87. The van der Waals surface area contributed by atoms with Gasteiger partial charge in [-0.2, -0.15) is 5.10 Å². The Kier molecular flexibility index (Phi) is 4.81. The summed E-state index contributed by atoms with van der Waals surface area (Å²) in [7, 11) is 1.94. The second kappa shape index (κ2) is 6.78. The Bertz CT molecular complexity index is 606. The Labute approximate surface area is 124 Å². The number of anilines is 1. The molecule has 0 radical (unpaired) electrons. The van der Waals surface area contributed by atoms with Crippen LogP contribution in [0, 0.1) is 6.92 Å². The highest BCUT2D eigenvalue weighted by molar-refractivity contribution is 5.80. The van der Waals surface area contributed by atoms with Crippen LogP contribution in [0.25, 0.3) is 0 Å². The summed E-state index contributed by atoms with van der Waals surface area (Å²) < 4.78 is 1.88. The van der Waals surface area contributed by atoms with Gasteiger partial charge in [-0.05, 0) is 25.1 Å². The number of hydrogen-bond acceptors (Lipinski definition) is 4. The summed E-state index contributed by atoms with van der Waals surface area (Å²) in [4.78, 5) is 2.19. The lowest BCUT2D eigenvalue weighted by atomic mass is 10.2. The maximum absolute atomic E-state index is 8.69. The van der Waals surface area contributed by atoms with Crippen LogP contribution in [0.1, 0.15) is 17.8 Å². The molecular formula is C15H21N5O. The van der Waals surface area contributed by atoms with Gasteiger partial charge >= 0.3 is 0 Å². The summed E-state index contributed by atoms with van der Waals surface area (Å²) in [6.07, 6.45) is 0.502. The maximum Gasteiger partial charge on any atom is 0.140 e. The number of oxime groups is 1. The lowest BCUT2D eigenvalue weighted by Crippen LogP contribution is -2.28. The molecule has 0 amide bonds. The number of nitrogens with two attached hydrogens (primary N) is 1. The maximum atomic E-state index is 8.69. The first-order chi connectivity index (χ1) is 10.1. The van der Waals surface area contributed by atoms with Gasteiger partial charge in [-0.1, -0.05) is 23.4 Å². The molecule has 0 atom stereocenters. The SMILES string of the molecule is Cc1cc(CN(CCC(N)=NO)c2ccccc2)n(C)n1. The molecule has 0 aliphatic heterocycles. The lowest BCUT2D eigenvalue weighted by molar-refractivity contribution is 0.317. The first-order valence-electron chi connectivity index (χ1n) is 6.86. The van der Waals surface area contributed by atoms with Crippen LogP contribution in [-0.2, 0) is 13.6 Å². The van der Waals surface area contributed by atoms with Gasteiger partial charge in [0, 0.05) is 25.7 Å². The van der Waals surface area contributed by atoms with Crippen molar-refractivity contribution < 1.29 is 5.21 Å². The zero-order valence-corrected chi connectivity index (χ0v) is 12.4. The van der Waals surface area contributed by atoms with Crippen molar-refractivity contribution in [2.75, 3.05) is 11.4 Å². The van der Waals surface area contributed by atoms with Crippen LogP contribution in [0.2, 0.25) is 0 Å². The molecule has 0 spiro atoms. The molecular weight excluding hydrogens is 266 g/mol. The minimum atomic E-state index is 0.233. The highest BCUT2D eigenvalue weighted by Gasteiger charge is 2.11. The zero-order valence-electron chi connectivity index (χ0n) is 12.4. The van der Waals surface area contributed by atoms with Crippen molar-refractivity contribution in [3.8, 4) is 0 Å². The minimum absolute atomic E-state index is 0.233. The van der Waals surface area contributed by atoms with E-state index in [-0.39, 0.29) is 5.84 Å². The van der Waals surface area contributed by atoms with Crippen LogP contribution in [0.15, 0.2) is 41.6 Å². The average Bonchev–Trinajstić information content (AvgIpc) is 2.81. The van der Waals surface area contributed by atoms with Gasteiger partial charge in [0.05, 0.1) is 17.9 Å². The Hall–Kier alpha value is -2.50. The summed E-state index contributed by atoms with van der Waals surface area (Å²) in [6, 6.07) is 12.2. The number of rotatable bonds is 6. The molecule has 6 heteroatoms. The molecule has 0 unspecified atom stereocenters. The van der Waals surface area contributed by atoms with E-state index in [0.717, 1.165) is 23.6 Å². The molecule has 6 nitrogen and oxygen atoms in total. The van der Waals surface area contributed by atoms with Crippen LogP contribution >= 0.6 is 0 Å². The zero-order chi connectivity index (χ0) is 15.2. The molecule has 0 saturated heterocycles. The number of benzene rings is 1. The Morgan fingerprint density at radius 2 is 2.10 bits per heavy atom. The van der Waals surface area contributed by atoms with Crippen molar-refractivity contribution in [3.63, 3.8) is 0 Å². The highest BCUT2D eigenvalue weighted by atomic mass is 16.4. The highest BCUT2D eigenvalue weighted by Crippen LogP contribution is 2.17. The first kappa shape index (κ1) is 14.9. The van der Waals surface area contributed by atoms with E-state index in [1.807, 2.05) is 36.9 Å². The number of nitrogens with zero attached hydrogens (tertiary/aromatic N) is 4. The van der Waals surface area contributed by atoms with Gasteiger partial charge in [0.15, 0.2) is 0 Å². The first-order valence-corrected chi connectivity index (χ1v) is 6.86. The normalized spacial score (nSPS) is 11.6. The van der Waals surface area contributed by atoms with Gasteiger partial charge in [0.1, 0.15) is 5.84 Å². The number of aryl methyl sites for hydroxylation is 2. The molecule has 0 bridgehead atoms. The van der Waals surface area contributed by atoms with E-state index >= 15 is 0 Å². The van der Waals surface area contributed by atoms with E-state index in [9.17, 15) is 0 Å². The topological polar surface area (TPSA) is 79.7 Å². The van der Waals surface area contributed by atoms with Crippen LogP contribution in [0.3, 0.4) is 0 Å². The molecule has 112 valence electrons. The fraction of sp³-hybridized carbons (Fsp3) is 0.333. The Morgan fingerprint density at radius 3 is 2.67 bits per heavy atom. The lowest BCUT2D eigenvalue weighted by Gasteiger charge is -2.24. The Morgan fingerprint density at radius 1 is 1.38 bits per heavy atom. The number of amidine groups is 1. The minimum Gasteiger partial charge on any atom is -0.409 e. The molecule has 1 heterocycles. The number of aromatic nitrogens is 2. The third-order valence-corrected chi connectivity index (χ3v) is 3.34. The van der Waals surface area contributed by atoms with Crippen LogP contribution < -0.4 is 10.6 Å². The summed E-state index contributed by atoms with van der Waals surface area (Å²) >= 11 is 0. The van der Waals surface area contributed by atoms with Gasteiger partial charge in [-0.15, -0.1) is 0 Å². The fourth-order valence-corrected chi connectivity index (χ4v) is 2.25. The van der Waals surface area contributed by atoms with E-state index < -0.39 is 0 Å². The molecule has 1 aromatic heterocycles. The number of para-hydroxylation sites is 1. The van der Waals surface area contributed by atoms with E-state index in [1.165, 1.54) is 0 Å². The summed E-state index contributed by atoms with van der Waals surface area (Å²) in [5.74, 6) is 0.233. The monoisotopic (exact) mass is 287 g/mol. The molecule has 0 aliphatic rings. The quantitative estimate of drug-likeness (QED) is 0.368. The van der Waals surface area contributed by atoms with E-state index in [4.69, 9.17) is 10.9 Å². The second-order valence-electron chi connectivity index (χ2n) is 5.00. The van der Waals surface area contributed by atoms with Gasteiger partial charge in [-0.25, -0.2) is 0 Å². The summed E-state index contributed by atoms with van der Waals surface area (Å²) in [5.41, 5.74) is 8.80. The fourth-order valence-electron chi connectivity index (χ4n) is 2.25. The number of hydrogen-bond donors (Lipinski definition) is 2. The van der Waals surface area contributed by atoms with Crippen LogP contribution in [0.5, 0.6) is 0 Å². The van der Waals surface area contributed by atoms with E-state index in [1.54, 1.807) is 0 Å². The molecule has 1 aromatic carbocycles. The second-order valence-corrected chi connectivity index (χ2v) is 5.00. The van der Waals surface area contributed by atoms with E-state index in [0.29, 0.717) is 13.0 Å². The largest absolute Gasteiger partial charge is 0.409 e. The van der Waals surface area contributed by atoms with Gasteiger partial charge in [-0.3, -0.25) is 4.68 Å². The van der Waals surface area contributed by atoms with Crippen molar-refractivity contribution >= 4 is 11.5 Å². The van der Waals surface area contributed by atoms with Crippen molar-refractivity contribution in [1.82, 2.24) is 9.78 Å². The molecule has 0 aliphatic carbocycles. The Balaban J connectivity index is 2.17. The summed E-state index contributed by atoms with van der Waals surface area (Å²) in [6.45, 7) is 3.37. The van der Waals surface area contributed by atoms with Crippen molar-refractivity contribution in [2.45, 2.75) is 19.9 Å². The van der Waals surface area contributed by atoms with Crippen molar-refractivity contribution in [2.24, 2.45) is 17.9 Å². The molecule has 2 rings (SSSR count). The van der Waals surface area contributed by atoms with Gasteiger partial charge < -0.3 is 15.8 Å². The molecule has 2 aromatic rings. The smallest absolute Gasteiger partial charge is 0.140 e. The van der Waals surface area contributed by atoms with Gasteiger partial charge in [0.2, 0.25) is 0 Å². The third-order valence-electron chi connectivity index (χ3n) is 3.34. The van der Waals surface area contributed by atoms with Crippen molar-refractivity contribution in [1.29, 1.82) is 0 Å². The van der Waals surface area contributed by atoms with Crippen LogP contribution in [-0.4, -0.2) is 27.4 Å². The van der Waals surface area contributed by atoms with Crippen molar-refractivity contribution in [3.05, 3.63) is 47.8 Å². The average molecular weight is 287 g/mol. The molecule has 21 heavy (non-hydrogen) atoms. The molecule has 0 saturated carbocycles. The molecule has 3 N–H and O–H groups in total. The third kappa shape index (κ3) is 3.98. The summed E-state index contributed by atoms with van der Waals surface area (Å²) in [5, 5.41) is 16.1.